The predicted molar refractivity (Wildman–Crippen MR) is 73.4 cm³/mol. The molecule has 8 heteroatoms. The van der Waals surface area contributed by atoms with Gasteiger partial charge in [0, 0.05) is 25.1 Å². The molecule has 2 heterocycles. The first kappa shape index (κ1) is 13.7. The molecular weight excluding hydrogens is 276 g/mol. The Hall–Kier alpha value is -2.22. The highest BCUT2D eigenvalue weighted by molar-refractivity contribution is 5.99. The molecule has 3 unspecified atom stereocenters. The van der Waals surface area contributed by atoms with E-state index in [0.29, 0.717) is 19.0 Å². The molecule has 1 saturated heterocycles. The first-order valence-corrected chi connectivity index (χ1v) is 6.84. The van der Waals surface area contributed by atoms with Crippen molar-refractivity contribution in [1.29, 1.82) is 0 Å². The standard InChI is InChI=1S/C13H16N4O4/c14-12-9(3-8(4-15-12)17(20)21)13(19)16-5-7-1-2-11(18)10(7)6-16/h3-4,7,10-11,18H,1-2,5-6H2,(H2,14,15). The lowest BCUT2D eigenvalue weighted by Gasteiger charge is -2.18. The van der Waals surface area contributed by atoms with Crippen LogP contribution in [0.25, 0.3) is 0 Å². The van der Waals surface area contributed by atoms with Crippen LogP contribution in [-0.2, 0) is 0 Å². The number of hydrogen-bond donors (Lipinski definition) is 2. The number of nitrogens with zero attached hydrogens (tertiary/aromatic N) is 3. The highest BCUT2D eigenvalue weighted by atomic mass is 16.6. The normalized spacial score (nSPS) is 27.7. The number of likely N-dealkylation sites (tertiary alicyclic amines) is 1. The van der Waals surface area contributed by atoms with Crippen molar-refractivity contribution in [1.82, 2.24) is 9.88 Å². The largest absolute Gasteiger partial charge is 0.393 e. The molecule has 3 atom stereocenters. The summed E-state index contributed by atoms with van der Waals surface area (Å²) < 4.78 is 0. The number of anilines is 1. The van der Waals surface area contributed by atoms with Gasteiger partial charge < -0.3 is 15.7 Å². The van der Waals surface area contributed by atoms with Crippen molar-refractivity contribution in [2.45, 2.75) is 18.9 Å². The maximum absolute atomic E-state index is 12.5. The zero-order valence-electron chi connectivity index (χ0n) is 11.3. The van der Waals surface area contributed by atoms with E-state index < -0.39 is 4.92 Å². The summed E-state index contributed by atoms with van der Waals surface area (Å²) in [4.78, 5) is 28.0. The predicted octanol–water partition coefficient (Wildman–Crippen LogP) is 0.415. The molecule has 1 aromatic heterocycles. The Bertz CT molecular complexity index is 606. The van der Waals surface area contributed by atoms with Crippen molar-refractivity contribution >= 4 is 17.4 Å². The van der Waals surface area contributed by atoms with E-state index in [2.05, 4.69) is 4.98 Å². The fourth-order valence-corrected chi connectivity index (χ4v) is 3.31. The number of pyridine rings is 1. The molecule has 8 nitrogen and oxygen atoms in total. The van der Waals surface area contributed by atoms with Gasteiger partial charge in [-0.05, 0) is 18.8 Å². The second-order valence-electron chi connectivity index (χ2n) is 5.66. The molecule has 0 spiro atoms. The molecule has 3 N–H and O–H groups in total. The Labute approximate surface area is 120 Å². The third-order valence-electron chi connectivity index (χ3n) is 4.45. The molecule has 1 saturated carbocycles. The van der Waals surface area contributed by atoms with Crippen molar-refractivity contribution in [2.24, 2.45) is 11.8 Å². The van der Waals surface area contributed by atoms with Crippen LogP contribution in [0.3, 0.4) is 0 Å². The number of carbonyl (C=O) groups excluding carboxylic acids is 1. The third kappa shape index (κ3) is 2.31. The number of aliphatic hydroxyl groups is 1. The summed E-state index contributed by atoms with van der Waals surface area (Å²) in [5.41, 5.74) is 5.47. The van der Waals surface area contributed by atoms with Gasteiger partial charge in [0.2, 0.25) is 0 Å². The average Bonchev–Trinajstić information content (AvgIpc) is 3.01. The molecule has 112 valence electrons. The van der Waals surface area contributed by atoms with Crippen LogP contribution in [0.2, 0.25) is 0 Å². The van der Waals surface area contributed by atoms with Crippen molar-refractivity contribution in [2.75, 3.05) is 18.8 Å². The topological polar surface area (TPSA) is 123 Å². The number of nitrogens with two attached hydrogens (primary N) is 1. The molecule has 0 bridgehead atoms. The van der Waals surface area contributed by atoms with Gasteiger partial charge in [0.1, 0.15) is 12.0 Å². The lowest BCUT2D eigenvalue weighted by molar-refractivity contribution is -0.385. The Morgan fingerprint density at radius 2 is 2.24 bits per heavy atom. The van der Waals surface area contributed by atoms with E-state index in [1.807, 2.05) is 0 Å². The number of hydrogen-bond acceptors (Lipinski definition) is 6. The molecule has 1 amide bonds. The van der Waals surface area contributed by atoms with Gasteiger partial charge in [-0.2, -0.15) is 0 Å². The van der Waals surface area contributed by atoms with Crippen molar-refractivity contribution in [3.63, 3.8) is 0 Å². The van der Waals surface area contributed by atoms with Gasteiger partial charge in [0.25, 0.3) is 11.6 Å². The van der Waals surface area contributed by atoms with Crippen LogP contribution in [0, 0.1) is 22.0 Å². The first-order chi connectivity index (χ1) is 9.97. The Balaban J connectivity index is 1.83. The summed E-state index contributed by atoms with van der Waals surface area (Å²) in [6.07, 6.45) is 2.35. The van der Waals surface area contributed by atoms with E-state index in [4.69, 9.17) is 5.73 Å². The second kappa shape index (κ2) is 4.96. The van der Waals surface area contributed by atoms with E-state index in [1.54, 1.807) is 4.90 Å². The van der Waals surface area contributed by atoms with Gasteiger partial charge in [-0.3, -0.25) is 14.9 Å². The molecule has 2 fully saturated rings. The molecule has 0 aromatic carbocycles. The van der Waals surface area contributed by atoms with E-state index in [0.717, 1.165) is 25.1 Å². The fraction of sp³-hybridized carbons (Fsp3) is 0.538. The number of nitrogen functional groups attached to an aromatic ring is 1. The van der Waals surface area contributed by atoms with Crippen LogP contribution in [0.15, 0.2) is 12.3 Å². The van der Waals surface area contributed by atoms with Crippen LogP contribution in [0.5, 0.6) is 0 Å². The molecule has 3 rings (SSSR count). The number of nitro groups is 1. The summed E-state index contributed by atoms with van der Waals surface area (Å²) in [5.74, 6) is 0.0344. The zero-order chi connectivity index (χ0) is 15.1. The lowest BCUT2D eigenvalue weighted by atomic mass is 10.00. The van der Waals surface area contributed by atoms with Gasteiger partial charge in [-0.1, -0.05) is 0 Å². The third-order valence-corrected chi connectivity index (χ3v) is 4.45. The van der Waals surface area contributed by atoms with Crippen molar-refractivity contribution in [3.8, 4) is 0 Å². The van der Waals surface area contributed by atoms with Crippen molar-refractivity contribution < 1.29 is 14.8 Å². The summed E-state index contributed by atoms with van der Waals surface area (Å²) >= 11 is 0. The highest BCUT2D eigenvalue weighted by Crippen LogP contribution is 2.38. The van der Waals surface area contributed by atoms with E-state index >= 15 is 0 Å². The molecule has 1 aliphatic heterocycles. The lowest BCUT2D eigenvalue weighted by Crippen LogP contribution is -2.31. The fourth-order valence-electron chi connectivity index (χ4n) is 3.31. The van der Waals surface area contributed by atoms with Crippen LogP contribution in [0.4, 0.5) is 11.5 Å². The Kier molecular flexibility index (Phi) is 3.25. The SMILES string of the molecule is Nc1ncc([N+](=O)[O-])cc1C(=O)N1CC2CCC(O)C2C1. The highest BCUT2D eigenvalue weighted by Gasteiger charge is 2.43. The number of carbonyl (C=O) groups is 1. The summed E-state index contributed by atoms with van der Waals surface area (Å²) in [7, 11) is 0. The summed E-state index contributed by atoms with van der Waals surface area (Å²) in [5, 5.41) is 20.7. The number of rotatable bonds is 2. The molecular formula is C13H16N4O4. The molecule has 1 aromatic rings. The van der Waals surface area contributed by atoms with Crippen LogP contribution >= 0.6 is 0 Å². The monoisotopic (exact) mass is 292 g/mol. The minimum atomic E-state index is -0.605. The van der Waals surface area contributed by atoms with Gasteiger partial charge in [-0.15, -0.1) is 0 Å². The van der Waals surface area contributed by atoms with Crippen LogP contribution in [0.1, 0.15) is 23.2 Å². The molecule has 21 heavy (non-hydrogen) atoms. The van der Waals surface area contributed by atoms with E-state index in [-0.39, 0.29) is 35.0 Å². The van der Waals surface area contributed by atoms with E-state index in [9.17, 15) is 20.0 Å². The molecule has 1 aliphatic carbocycles. The number of fused-ring (bicyclic) bond motifs is 1. The van der Waals surface area contributed by atoms with Gasteiger partial charge >= 0.3 is 0 Å². The molecule has 0 radical (unpaired) electrons. The quantitative estimate of drug-likeness (QED) is 0.601. The summed E-state index contributed by atoms with van der Waals surface area (Å²) in [6.45, 7) is 1.02. The van der Waals surface area contributed by atoms with Gasteiger partial charge in [-0.25, -0.2) is 4.98 Å². The minimum absolute atomic E-state index is 0.0109. The van der Waals surface area contributed by atoms with Crippen molar-refractivity contribution in [3.05, 3.63) is 27.9 Å². The smallest absolute Gasteiger partial charge is 0.288 e. The maximum atomic E-state index is 12.5. The van der Waals surface area contributed by atoms with Gasteiger partial charge in [0.15, 0.2) is 0 Å². The first-order valence-electron chi connectivity index (χ1n) is 6.84. The Morgan fingerprint density at radius 3 is 2.90 bits per heavy atom. The minimum Gasteiger partial charge on any atom is -0.393 e. The van der Waals surface area contributed by atoms with Crippen LogP contribution in [-0.4, -0.2) is 45.0 Å². The second-order valence-corrected chi connectivity index (χ2v) is 5.66. The van der Waals surface area contributed by atoms with Gasteiger partial charge in [0.05, 0.1) is 16.6 Å². The van der Waals surface area contributed by atoms with Crippen LogP contribution < -0.4 is 5.73 Å². The number of aromatic nitrogens is 1. The van der Waals surface area contributed by atoms with E-state index in [1.165, 1.54) is 0 Å². The number of aliphatic hydroxyl groups excluding tert-OH is 1. The number of amides is 1. The zero-order valence-corrected chi connectivity index (χ0v) is 11.3. The molecule has 2 aliphatic rings. The maximum Gasteiger partial charge on any atom is 0.288 e. The Morgan fingerprint density at radius 1 is 1.48 bits per heavy atom. The summed E-state index contributed by atoms with van der Waals surface area (Å²) in [6, 6.07) is 1.16. The average molecular weight is 292 g/mol.